The largest absolute Gasteiger partial charge is 0.483 e. The lowest BCUT2D eigenvalue weighted by molar-refractivity contribution is -0.123. The molecule has 0 atom stereocenters. The van der Waals surface area contributed by atoms with Crippen molar-refractivity contribution in [3.05, 3.63) is 92.7 Å². The summed E-state index contributed by atoms with van der Waals surface area (Å²) >= 11 is 12.4. The quantitative estimate of drug-likeness (QED) is 0.273. The van der Waals surface area contributed by atoms with E-state index in [9.17, 15) is 14.4 Å². The Balaban J connectivity index is 0.00000178. The number of carbonyl (C=O) groups excluding carboxylic acids is 2. The van der Waals surface area contributed by atoms with Gasteiger partial charge in [0.25, 0.3) is 11.5 Å². The van der Waals surface area contributed by atoms with Crippen molar-refractivity contribution in [1.82, 2.24) is 25.2 Å². The monoisotopic (exact) mass is 588 g/mol. The van der Waals surface area contributed by atoms with E-state index in [-0.39, 0.29) is 36.6 Å². The van der Waals surface area contributed by atoms with E-state index in [1.807, 2.05) is 32.0 Å². The number of aromatic nitrogens is 3. The molecule has 0 saturated carbocycles. The van der Waals surface area contributed by atoms with E-state index in [1.165, 1.54) is 4.57 Å². The van der Waals surface area contributed by atoms with Crippen molar-refractivity contribution in [2.45, 2.75) is 40.3 Å². The van der Waals surface area contributed by atoms with Crippen molar-refractivity contribution in [3.63, 3.8) is 0 Å². The number of hydrogen-bond acceptors (Lipinski definition) is 7. The van der Waals surface area contributed by atoms with Crippen LogP contribution in [0.1, 0.15) is 30.8 Å². The Hall–Kier alpha value is -3.89. The first-order valence-electron chi connectivity index (χ1n) is 12.6. The second kappa shape index (κ2) is 16.9. The third-order valence-electron chi connectivity index (χ3n) is 5.29. The fourth-order valence-corrected chi connectivity index (χ4v) is 3.77. The Labute approximate surface area is 243 Å². The van der Waals surface area contributed by atoms with Crippen molar-refractivity contribution < 1.29 is 14.3 Å². The molecule has 214 valence electrons. The number of pyridine rings is 1. The van der Waals surface area contributed by atoms with Gasteiger partial charge in [0.05, 0.1) is 5.69 Å². The van der Waals surface area contributed by atoms with Crippen LogP contribution in [0.3, 0.4) is 0 Å². The average molecular weight is 590 g/mol. The number of nitrogens with one attached hydrogen (secondary N) is 3. The molecule has 0 aliphatic heterocycles. The van der Waals surface area contributed by atoms with Crippen molar-refractivity contribution in [2.24, 2.45) is 0 Å². The molecule has 2 heterocycles. The van der Waals surface area contributed by atoms with Gasteiger partial charge >= 0.3 is 0 Å². The van der Waals surface area contributed by atoms with Crippen LogP contribution in [0.5, 0.6) is 5.75 Å². The maximum absolute atomic E-state index is 13.0. The molecule has 0 unspecified atom stereocenters. The first-order chi connectivity index (χ1) is 19.2. The SMILES string of the molecule is C=CC.CCNC(=O)COc1ccc(Cl)cc1CNC(=O)Cn1c(C)c(Cl)nc(NCCc2ccccn2)c1=O. The molecule has 0 aliphatic rings. The van der Waals surface area contributed by atoms with Crippen LogP contribution in [0.4, 0.5) is 5.82 Å². The first-order valence-corrected chi connectivity index (χ1v) is 13.4. The predicted molar refractivity (Wildman–Crippen MR) is 158 cm³/mol. The Morgan fingerprint density at radius 3 is 2.58 bits per heavy atom. The van der Waals surface area contributed by atoms with Gasteiger partial charge in [-0.15, -0.1) is 6.58 Å². The molecule has 40 heavy (non-hydrogen) atoms. The molecule has 3 rings (SSSR count). The van der Waals surface area contributed by atoms with Gasteiger partial charge in [-0.3, -0.25) is 23.9 Å². The Morgan fingerprint density at radius 1 is 1.15 bits per heavy atom. The number of rotatable bonds is 12. The lowest BCUT2D eigenvalue weighted by atomic mass is 10.2. The summed E-state index contributed by atoms with van der Waals surface area (Å²) in [7, 11) is 0. The number of anilines is 1. The van der Waals surface area contributed by atoms with Gasteiger partial charge in [0.15, 0.2) is 17.6 Å². The number of likely N-dealkylation sites (N-methyl/N-ethyl adjacent to an activating group) is 1. The Morgan fingerprint density at radius 2 is 1.90 bits per heavy atom. The summed E-state index contributed by atoms with van der Waals surface area (Å²) in [4.78, 5) is 45.9. The number of carbonyl (C=O) groups is 2. The second-order valence-corrected chi connectivity index (χ2v) is 9.20. The molecule has 2 amide bonds. The standard InChI is InChI=1S/C25H28Cl2N6O4.C3H6/c1-3-28-22(35)15-37-20-8-7-18(26)12-17(20)13-31-21(34)14-33-16(2)23(27)32-24(25(33)36)30-11-9-19-6-4-5-10-29-19;1-3-2/h4-8,10,12H,3,9,11,13-15H2,1-2H3,(H,28,35)(H,30,32)(H,31,34);3H,1H2,2H3. The maximum Gasteiger partial charge on any atom is 0.294 e. The highest BCUT2D eigenvalue weighted by Crippen LogP contribution is 2.23. The molecule has 0 bridgehead atoms. The number of hydrogen-bond donors (Lipinski definition) is 3. The molecule has 0 saturated heterocycles. The number of amides is 2. The molecule has 2 aromatic heterocycles. The summed E-state index contributed by atoms with van der Waals surface area (Å²) in [5, 5.41) is 8.95. The van der Waals surface area contributed by atoms with E-state index in [1.54, 1.807) is 37.4 Å². The fraction of sp³-hybridized carbons (Fsp3) is 0.321. The highest BCUT2D eigenvalue weighted by Gasteiger charge is 2.16. The van der Waals surface area contributed by atoms with Crippen LogP contribution in [-0.2, 0) is 29.1 Å². The normalized spacial score (nSPS) is 10.1. The topological polar surface area (TPSA) is 127 Å². The van der Waals surface area contributed by atoms with Crippen molar-refractivity contribution >= 4 is 40.8 Å². The summed E-state index contributed by atoms with van der Waals surface area (Å²) < 4.78 is 6.84. The minimum absolute atomic E-state index is 0.0511. The number of ether oxygens (including phenoxy) is 1. The lowest BCUT2D eigenvalue weighted by Crippen LogP contribution is -2.35. The highest BCUT2D eigenvalue weighted by atomic mass is 35.5. The lowest BCUT2D eigenvalue weighted by Gasteiger charge is -2.15. The number of benzene rings is 1. The van der Waals surface area contributed by atoms with E-state index in [0.29, 0.717) is 41.5 Å². The van der Waals surface area contributed by atoms with Gasteiger partial charge in [-0.05, 0) is 51.1 Å². The molecule has 0 aliphatic carbocycles. The average Bonchev–Trinajstić information content (AvgIpc) is 2.93. The smallest absolute Gasteiger partial charge is 0.294 e. The summed E-state index contributed by atoms with van der Waals surface area (Å²) in [5.74, 6) is -0.228. The number of allylic oxidation sites excluding steroid dienone is 1. The van der Waals surface area contributed by atoms with Gasteiger partial charge in [-0.1, -0.05) is 35.3 Å². The van der Waals surface area contributed by atoms with Crippen LogP contribution in [-0.4, -0.2) is 46.0 Å². The molecule has 0 spiro atoms. The van der Waals surface area contributed by atoms with Crippen LogP contribution >= 0.6 is 23.2 Å². The van der Waals surface area contributed by atoms with Gasteiger partial charge in [-0.2, -0.15) is 0 Å². The second-order valence-electron chi connectivity index (χ2n) is 8.40. The van der Waals surface area contributed by atoms with Crippen LogP contribution < -0.4 is 26.2 Å². The van der Waals surface area contributed by atoms with Crippen molar-refractivity contribution in [1.29, 1.82) is 0 Å². The molecule has 10 nitrogen and oxygen atoms in total. The van der Waals surface area contributed by atoms with Crippen LogP contribution in [0, 0.1) is 6.92 Å². The molecule has 12 heteroatoms. The summed E-state index contributed by atoms with van der Waals surface area (Å²) in [6, 6.07) is 10.5. The van der Waals surface area contributed by atoms with E-state index < -0.39 is 11.5 Å². The van der Waals surface area contributed by atoms with Crippen LogP contribution in [0.2, 0.25) is 10.2 Å². The third kappa shape index (κ3) is 10.3. The minimum atomic E-state index is -0.466. The van der Waals surface area contributed by atoms with Gasteiger partial charge in [0.2, 0.25) is 5.91 Å². The Kier molecular flexibility index (Phi) is 13.7. The van der Waals surface area contributed by atoms with Crippen LogP contribution in [0.15, 0.2) is 60.0 Å². The minimum Gasteiger partial charge on any atom is -0.483 e. The number of nitrogens with zero attached hydrogens (tertiary/aromatic N) is 3. The Bertz CT molecular complexity index is 1350. The van der Waals surface area contributed by atoms with Gasteiger partial charge < -0.3 is 20.7 Å². The van der Waals surface area contributed by atoms with Gasteiger partial charge in [0, 0.05) is 48.5 Å². The summed E-state index contributed by atoms with van der Waals surface area (Å²) in [6.07, 6.45) is 4.03. The third-order valence-corrected chi connectivity index (χ3v) is 5.89. The van der Waals surface area contributed by atoms with Crippen molar-refractivity contribution in [3.8, 4) is 5.75 Å². The molecule has 0 fully saturated rings. The molecule has 1 aromatic carbocycles. The van der Waals surface area contributed by atoms with Crippen molar-refractivity contribution in [2.75, 3.05) is 25.0 Å². The number of halogens is 2. The fourth-order valence-electron chi connectivity index (χ4n) is 3.39. The van der Waals surface area contributed by atoms with Gasteiger partial charge in [0.1, 0.15) is 12.3 Å². The van der Waals surface area contributed by atoms with E-state index in [4.69, 9.17) is 27.9 Å². The zero-order valence-corrected chi connectivity index (χ0v) is 24.3. The summed E-state index contributed by atoms with van der Waals surface area (Å²) in [6.45, 7) is 9.22. The zero-order chi connectivity index (χ0) is 29.5. The zero-order valence-electron chi connectivity index (χ0n) is 22.8. The molecular weight excluding hydrogens is 555 g/mol. The molecule has 3 aromatic rings. The van der Waals surface area contributed by atoms with E-state index in [2.05, 4.69) is 32.5 Å². The van der Waals surface area contributed by atoms with E-state index in [0.717, 1.165) is 5.69 Å². The molecular formula is C28H34Cl2N6O4. The van der Waals surface area contributed by atoms with E-state index >= 15 is 0 Å². The maximum atomic E-state index is 13.0. The highest BCUT2D eigenvalue weighted by molar-refractivity contribution is 6.30. The predicted octanol–water partition coefficient (Wildman–Crippen LogP) is 3.93. The molecule has 0 radical (unpaired) electrons. The van der Waals surface area contributed by atoms with Gasteiger partial charge in [-0.25, -0.2) is 4.98 Å². The van der Waals surface area contributed by atoms with Crippen LogP contribution in [0.25, 0.3) is 0 Å². The first kappa shape index (κ1) is 32.3. The molecule has 3 N–H and O–H groups in total. The summed E-state index contributed by atoms with van der Waals surface area (Å²) in [5.41, 5.74) is 1.35.